The van der Waals surface area contributed by atoms with Gasteiger partial charge in [0.2, 0.25) is 11.8 Å². The van der Waals surface area contributed by atoms with Crippen molar-refractivity contribution in [2.24, 2.45) is 0 Å². The molecule has 0 aromatic heterocycles. The van der Waals surface area contributed by atoms with Gasteiger partial charge in [0.05, 0.1) is 5.69 Å². The van der Waals surface area contributed by atoms with Gasteiger partial charge in [0.15, 0.2) is 11.6 Å². The summed E-state index contributed by atoms with van der Waals surface area (Å²) in [6.07, 6.45) is 0.631. The third kappa shape index (κ3) is 2.99. The lowest BCUT2D eigenvalue weighted by molar-refractivity contribution is -0.136. The number of anilines is 1. The summed E-state index contributed by atoms with van der Waals surface area (Å²) in [5.41, 5.74) is 1.83. The van der Waals surface area contributed by atoms with E-state index >= 15 is 0 Å². The first kappa shape index (κ1) is 19.3. The fraction of sp³-hybridized carbons (Fsp3) is 0.273. The highest BCUT2D eigenvalue weighted by Gasteiger charge is 2.39. The zero-order valence-electron chi connectivity index (χ0n) is 16.3. The molecule has 3 aliphatic rings. The van der Waals surface area contributed by atoms with E-state index in [1.165, 1.54) is 21.9 Å². The number of amides is 4. The molecule has 9 heteroatoms. The minimum Gasteiger partial charge on any atom is -0.322 e. The molecule has 1 unspecified atom stereocenters. The topological polar surface area (TPSA) is 86.8 Å². The molecule has 2 aromatic rings. The molecule has 1 atom stereocenters. The Balaban J connectivity index is 1.40. The number of carbonyl (C=O) groups excluding carboxylic acids is 4. The zero-order valence-corrected chi connectivity index (χ0v) is 16.3. The predicted octanol–water partition coefficient (Wildman–Crippen LogP) is 1.93. The standard InChI is InChI=1S/C22H17F2N3O4/c23-15-3-4-16-14(19(15)24)7-8-26(16)21(30)11-1-2-13-12(9-11)10-27(22(13)31)17-5-6-18(28)25-20(17)29/h1-4,9,17H,5-8,10H2,(H,25,28,29). The number of nitrogens with zero attached hydrogens (tertiary/aromatic N) is 2. The summed E-state index contributed by atoms with van der Waals surface area (Å²) in [6.45, 7) is 0.380. The normalized spacial score (nSPS) is 20.1. The Hall–Kier alpha value is -3.62. The van der Waals surface area contributed by atoms with Crippen LogP contribution >= 0.6 is 0 Å². The number of halogens is 2. The summed E-state index contributed by atoms with van der Waals surface area (Å²) in [5, 5.41) is 2.25. The highest BCUT2D eigenvalue weighted by molar-refractivity contribution is 6.09. The maximum Gasteiger partial charge on any atom is 0.258 e. The van der Waals surface area contributed by atoms with Crippen LogP contribution in [-0.4, -0.2) is 41.1 Å². The molecule has 0 bridgehead atoms. The molecule has 0 spiro atoms. The zero-order chi connectivity index (χ0) is 21.9. The number of piperidine rings is 1. The Kier molecular flexibility index (Phi) is 4.35. The average molecular weight is 425 g/mol. The van der Waals surface area contributed by atoms with Crippen molar-refractivity contribution in [2.75, 3.05) is 11.4 Å². The molecule has 1 N–H and O–H groups in total. The van der Waals surface area contributed by atoms with E-state index in [-0.39, 0.29) is 55.6 Å². The maximum absolute atomic E-state index is 14.0. The van der Waals surface area contributed by atoms with Crippen molar-refractivity contribution in [1.82, 2.24) is 10.2 Å². The molecule has 5 rings (SSSR count). The van der Waals surface area contributed by atoms with Crippen LogP contribution in [0.15, 0.2) is 30.3 Å². The SMILES string of the molecule is O=C1CCC(N2Cc3cc(C(=O)N4CCc5c4ccc(F)c5F)ccc3C2=O)C(=O)N1. The fourth-order valence-electron chi connectivity index (χ4n) is 4.49. The Bertz CT molecular complexity index is 1180. The van der Waals surface area contributed by atoms with Gasteiger partial charge in [0, 0.05) is 36.2 Å². The van der Waals surface area contributed by atoms with Crippen LogP contribution in [0.5, 0.6) is 0 Å². The fourth-order valence-corrected chi connectivity index (χ4v) is 4.49. The van der Waals surface area contributed by atoms with Crippen LogP contribution in [0.3, 0.4) is 0 Å². The van der Waals surface area contributed by atoms with E-state index in [2.05, 4.69) is 5.32 Å². The van der Waals surface area contributed by atoms with Gasteiger partial charge < -0.3 is 9.80 Å². The second-order valence-corrected chi connectivity index (χ2v) is 7.84. The minimum absolute atomic E-state index is 0.151. The van der Waals surface area contributed by atoms with E-state index in [9.17, 15) is 28.0 Å². The second-order valence-electron chi connectivity index (χ2n) is 7.84. The third-order valence-corrected chi connectivity index (χ3v) is 6.06. The van der Waals surface area contributed by atoms with E-state index in [0.717, 1.165) is 6.07 Å². The Morgan fingerprint density at radius 2 is 1.87 bits per heavy atom. The Morgan fingerprint density at radius 3 is 2.65 bits per heavy atom. The number of carbonyl (C=O) groups is 4. The minimum atomic E-state index is -0.947. The number of benzene rings is 2. The Morgan fingerprint density at radius 1 is 1.06 bits per heavy atom. The van der Waals surface area contributed by atoms with E-state index in [1.54, 1.807) is 12.1 Å². The van der Waals surface area contributed by atoms with Crippen molar-refractivity contribution < 1.29 is 28.0 Å². The van der Waals surface area contributed by atoms with Gasteiger partial charge in [0.1, 0.15) is 6.04 Å². The van der Waals surface area contributed by atoms with Crippen molar-refractivity contribution in [3.63, 3.8) is 0 Å². The van der Waals surface area contributed by atoms with E-state index in [4.69, 9.17) is 0 Å². The number of hydrogen-bond donors (Lipinski definition) is 1. The van der Waals surface area contributed by atoms with Crippen molar-refractivity contribution in [2.45, 2.75) is 31.8 Å². The van der Waals surface area contributed by atoms with Gasteiger partial charge >= 0.3 is 0 Å². The lowest BCUT2D eigenvalue weighted by Crippen LogP contribution is -2.52. The van der Waals surface area contributed by atoms with Gasteiger partial charge in [-0.05, 0) is 48.7 Å². The first-order valence-corrected chi connectivity index (χ1v) is 9.91. The first-order valence-electron chi connectivity index (χ1n) is 9.91. The van der Waals surface area contributed by atoms with Crippen LogP contribution in [0.2, 0.25) is 0 Å². The quantitative estimate of drug-likeness (QED) is 0.745. The van der Waals surface area contributed by atoms with Gasteiger partial charge in [-0.1, -0.05) is 0 Å². The van der Waals surface area contributed by atoms with E-state index in [1.807, 2.05) is 0 Å². The molecular weight excluding hydrogens is 408 g/mol. The summed E-state index contributed by atoms with van der Waals surface area (Å²) >= 11 is 0. The lowest BCUT2D eigenvalue weighted by Gasteiger charge is -2.29. The van der Waals surface area contributed by atoms with Crippen LogP contribution in [0, 0.1) is 11.6 Å². The second kappa shape index (κ2) is 6.97. The summed E-state index contributed by atoms with van der Waals surface area (Å²) in [7, 11) is 0. The molecule has 4 amide bonds. The van der Waals surface area contributed by atoms with E-state index in [0.29, 0.717) is 22.4 Å². The molecule has 1 saturated heterocycles. The van der Waals surface area contributed by atoms with Crippen molar-refractivity contribution >= 4 is 29.3 Å². The molecule has 0 aliphatic carbocycles. The van der Waals surface area contributed by atoms with E-state index < -0.39 is 23.6 Å². The molecule has 0 saturated carbocycles. The summed E-state index contributed by atoms with van der Waals surface area (Å²) in [6, 6.07) is 6.31. The van der Waals surface area contributed by atoms with Gasteiger partial charge in [0.25, 0.3) is 11.8 Å². The molecule has 31 heavy (non-hydrogen) atoms. The number of rotatable bonds is 2. The van der Waals surface area contributed by atoms with Crippen LogP contribution < -0.4 is 10.2 Å². The highest BCUT2D eigenvalue weighted by atomic mass is 19.2. The van der Waals surface area contributed by atoms with Gasteiger partial charge in [-0.2, -0.15) is 0 Å². The molecule has 0 radical (unpaired) electrons. The van der Waals surface area contributed by atoms with Crippen molar-refractivity contribution in [1.29, 1.82) is 0 Å². The number of fused-ring (bicyclic) bond motifs is 2. The van der Waals surface area contributed by atoms with Gasteiger partial charge in [-0.3, -0.25) is 24.5 Å². The predicted molar refractivity (Wildman–Crippen MR) is 104 cm³/mol. The third-order valence-electron chi connectivity index (χ3n) is 6.06. The van der Waals surface area contributed by atoms with Gasteiger partial charge in [-0.15, -0.1) is 0 Å². The molecule has 2 aromatic carbocycles. The Labute approximate surface area is 175 Å². The summed E-state index contributed by atoms with van der Waals surface area (Å²) in [5.74, 6) is -3.45. The van der Waals surface area contributed by atoms with Crippen molar-refractivity contribution in [3.05, 3.63) is 64.2 Å². The number of hydrogen-bond acceptors (Lipinski definition) is 4. The van der Waals surface area contributed by atoms with Gasteiger partial charge in [-0.25, -0.2) is 8.78 Å². The molecule has 1 fully saturated rings. The highest BCUT2D eigenvalue weighted by Crippen LogP contribution is 2.34. The largest absolute Gasteiger partial charge is 0.322 e. The molecule has 158 valence electrons. The van der Waals surface area contributed by atoms with Crippen LogP contribution in [-0.2, 0) is 22.6 Å². The lowest BCUT2D eigenvalue weighted by atomic mass is 10.0. The maximum atomic E-state index is 14.0. The summed E-state index contributed by atoms with van der Waals surface area (Å²) in [4.78, 5) is 52.2. The first-order chi connectivity index (χ1) is 14.8. The average Bonchev–Trinajstić information content (AvgIpc) is 3.32. The number of imide groups is 1. The van der Waals surface area contributed by atoms with Crippen molar-refractivity contribution in [3.8, 4) is 0 Å². The van der Waals surface area contributed by atoms with Crippen LogP contribution in [0.4, 0.5) is 14.5 Å². The smallest absolute Gasteiger partial charge is 0.258 e. The van der Waals surface area contributed by atoms with Crippen LogP contribution in [0.25, 0.3) is 0 Å². The monoisotopic (exact) mass is 425 g/mol. The van der Waals surface area contributed by atoms with Crippen LogP contribution in [0.1, 0.15) is 44.7 Å². The number of nitrogens with one attached hydrogen (secondary N) is 1. The molecule has 3 aliphatic heterocycles. The molecular formula is C22H17F2N3O4. The molecule has 3 heterocycles. The molecule has 7 nitrogen and oxygen atoms in total. The summed E-state index contributed by atoms with van der Waals surface area (Å²) < 4.78 is 27.5.